The molecule has 2 nitrogen and oxygen atoms in total. The number of nitrogens with one attached hydrogen (secondary N) is 1. The van der Waals surface area contributed by atoms with Gasteiger partial charge in [-0.2, -0.15) is 0 Å². The van der Waals surface area contributed by atoms with Crippen molar-refractivity contribution in [1.82, 2.24) is 5.32 Å². The van der Waals surface area contributed by atoms with Gasteiger partial charge in [0.15, 0.2) is 0 Å². The fourth-order valence-corrected chi connectivity index (χ4v) is 2.85. The molecule has 1 aromatic carbocycles. The molecule has 0 aliphatic heterocycles. The second-order valence-electron chi connectivity index (χ2n) is 5.32. The number of rotatable bonds is 6. The molecule has 1 saturated carbocycles. The Morgan fingerprint density at radius 3 is 2.42 bits per heavy atom. The van der Waals surface area contributed by atoms with Gasteiger partial charge >= 0.3 is 0 Å². The summed E-state index contributed by atoms with van der Waals surface area (Å²) in [5.74, 6) is 0. The Kier molecular flexibility index (Phi) is 6.90. The fourth-order valence-electron chi connectivity index (χ4n) is 2.59. The van der Waals surface area contributed by atoms with E-state index in [1.54, 1.807) is 0 Å². The molecular weight excluding hydrogens is 302 g/mol. The molecule has 1 fully saturated rings. The standard InChI is InChI=1S/C16H24BrNO/c17-15-9-7-14(8-10-15)13-19-12-11-18-16-5-3-1-2-4-6-16/h7-10,16,18H,1-6,11-13H2. The van der Waals surface area contributed by atoms with E-state index in [2.05, 4.69) is 45.5 Å². The highest BCUT2D eigenvalue weighted by Crippen LogP contribution is 2.17. The molecule has 106 valence electrons. The molecule has 0 bridgehead atoms. The minimum atomic E-state index is 0.708. The van der Waals surface area contributed by atoms with Gasteiger partial charge in [-0.15, -0.1) is 0 Å². The quantitative estimate of drug-likeness (QED) is 0.622. The van der Waals surface area contributed by atoms with Gasteiger partial charge in [-0.05, 0) is 30.5 Å². The lowest BCUT2D eigenvalue weighted by Crippen LogP contribution is -2.31. The van der Waals surface area contributed by atoms with Gasteiger partial charge in [-0.3, -0.25) is 0 Å². The first-order valence-electron chi connectivity index (χ1n) is 7.40. The fraction of sp³-hybridized carbons (Fsp3) is 0.625. The Bertz CT molecular complexity index is 344. The molecule has 0 saturated heterocycles. The summed E-state index contributed by atoms with van der Waals surface area (Å²) in [6.45, 7) is 2.48. The lowest BCUT2D eigenvalue weighted by molar-refractivity contribution is 0.120. The lowest BCUT2D eigenvalue weighted by atomic mass is 10.1. The van der Waals surface area contributed by atoms with Crippen LogP contribution in [0.5, 0.6) is 0 Å². The zero-order valence-corrected chi connectivity index (χ0v) is 13.1. The highest BCUT2D eigenvalue weighted by molar-refractivity contribution is 9.10. The van der Waals surface area contributed by atoms with Crippen LogP contribution >= 0.6 is 15.9 Å². The Morgan fingerprint density at radius 2 is 1.74 bits per heavy atom. The van der Waals surface area contributed by atoms with E-state index >= 15 is 0 Å². The van der Waals surface area contributed by atoms with Crippen LogP contribution in [0.1, 0.15) is 44.1 Å². The Morgan fingerprint density at radius 1 is 1.05 bits per heavy atom. The molecule has 2 rings (SSSR count). The van der Waals surface area contributed by atoms with Gasteiger partial charge in [-0.25, -0.2) is 0 Å². The summed E-state index contributed by atoms with van der Waals surface area (Å²) in [6, 6.07) is 9.04. The third-order valence-electron chi connectivity index (χ3n) is 3.72. The molecule has 0 amide bonds. The SMILES string of the molecule is Brc1ccc(COCCNC2CCCCCC2)cc1. The van der Waals surface area contributed by atoms with Gasteiger partial charge in [0, 0.05) is 17.1 Å². The largest absolute Gasteiger partial charge is 0.375 e. The van der Waals surface area contributed by atoms with Crippen LogP contribution in [0.2, 0.25) is 0 Å². The van der Waals surface area contributed by atoms with Crippen molar-refractivity contribution in [2.45, 2.75) is 51.2 Å². The van der Waals surface area contributed by atoms with E-state index < -0.39 is 0 Å². The number of benzene rings is 1. The van der Waals surface area contributed by atoms with Gasteiger partial charge in [0.25, 0.3) is 0 Å². The van der Waals surface area contributed by atoms with Crippen molar-refractivity contribution < 1.29 is 4.74 Å². The third kappa shape index (κ3) is 6.07. The molecule has 0 spiro atoms. The second-order valence-corrected chi connectivity index (χ2v) is 6.24. The summed E-state index contributed by atoms with van der Waals surface area (Å²) in [5.41, 5.74) is 1.23. The zero-order valence-electron chi connectivity index (χ0n) is 11.5. The van der Waals surface area contributed by atoms with Crippen LogP contribution in [0.4, 0.5) is 0 Å². The van der Waals surface area contributed by atoms with Crippen LogP contribution in [0, 0.1) is 0 Å². The lowest BCUT2D eigenvalue weighted by Gasteiger charge is -2.16. The van der Waals surface area contributed by atoms with Crippen molar-refractivity contribution in [3.63, 3.8) is 0 Å². The van der Waals surface area contributed by atoms with Gasteiger partial charge in [0.1, 0.15) is 0 Å². The molecule has 1 aliphatic rings. The summed E-state index contributed by atoms with van der Waals surface area (Å²) >= 11 is 3.44. The van der Waals surface area contributed by atoms with Gasteiger partial charge < -0.3 is 10.1 Å². The maximum atomic E-state index is 5.70. The van der Waals surface area contributed by atoms with E-state index in [9.17, 15) is 0 Å². The smallest absolute Gasteiger partial charge is 0.0717 e. The van der Waals surface area contributed by atoms with Crippen molar-refractivity contribution in [3.05, 3.63) is 34.3 Å². The maximum absolute atomic E-state index is 5.70. The highest BCUT2D eigenvalue weighted by Gasteiger charge is 2.10. The number of ether oxygens (including phenoxy) is 1. The summed E-state index contributed by atoms with van der Waals surface area (Å²) in [7, 11) is 0. The average molecular weight is 326 g/mol. The Balaban J connectivity index is 1.55. The van der Waals surface area contributed by atoms with Crippen molar-refractivity contribution in [3.8, 4) is 0 Å². The van der Waals surface area contributed by atoms with E-state index in [-0.39, 0.29) is 0 Å². The summed E-state index contributed by atoms with van der Waals surface area (Å²) < 4.78 is 6.82. The predicted molar refractivity (Wildman–Crippen MR) is 83.3 cm³/mol. The second kappa shape index (κ2) is 8.72. The van der Waals surface area contributed by atoms with Crippen molar-refractivity contribution in [2.24, 2.45) is 0 Å². The van der Waals surface area contributed by atoms with Crippen LogP contribution in [-0.4, -0.2) is 19.2 Å². The summed E-state index contributed by atoms with van der Waals surface area (Å²) in [4.78, 5) is 0. The molecule has 1 aliphatic carbocycles. The number of hydrogen-bond acceptors (Lipinski definition) is 2. The van der Waals surface area contributed by atoms with Crippen LogP contribution in [0.3, 0.4) is 0 Å². The van der Waals surface area contributed by atoms with Crippen molar-refractivity contribution in [1.29, 1.82) is 0 Å². The van der Waals surface area contributed by atoms with E-state index in [1.807, 2.05) is 0 Å². The maximum Gasteiger partial charge on any atom is 0.0717 e. The average Bonchev–Trinajstić information content (AvgIpc) is 2.69. The number of halogens is 1. The van der Waals surface area contributed by atoms with E-state index in [0.29, 0.717) is 6.61 Å². The van der Waals surface area contributed by atoms with Gasteiger partial charge in [-0.1, -0.05) is 53.7 Å². The van der Waals surface area contributed by atoms with Crippen LogP contribution < -0.4 is 5.32 Å². The van der Waals surface area contributed by atoms with E-state index in [0.717, 1.165) is 23.7 Å². The molecule has 1 aromatic rings. The molecule has 0 aromatic heterocycles. The highest BCUT2D eigenvalue weighted by atomic mass is 79.9. The minimum Gasteiger partial charge on any atom is -0.375 e. The zero-order chi connectivity index (χ0) is 13.3. The topological polar surface area (TPSA) is 21.3 Å². The minimum absolute atomic E-state index is 0.708. The molecule has 0 heterocycles. The predicted octanol–water partition coefficient (Wildman–Crippen LogP) is 4.28. The number of hydrogen-bond donors (Lipinski definition) is 1. The van der Waals surface area contributed by atoms with Gasteiger partial charge in [0.05, 0.1) is 13.2 Å². The molecule has 19 heavy (non-hydrogen) atoms. The van der Waals surface area contributed by atoms with Crippen LogP contribution in [0.15, 0.2) is 28.7 Å². The molecule has 0 radical (unpaired) electrons. The monoisotopic (exact) mass is 325 g/mol. The van der Waals surface area contributed by atoms with Crippen LogP contribution in [-0.2, 0) is 11.3 Å². The van der Waals surface area contributed by atoms with Crippen molar-refractivity contribution >= 4 is 15.9 Å². The molecule has 0 atom stereocenters. The Labute approximate surface area is 125 Å². The molecule has 0 unspecified atom stereocenters. The summed E-state index contributed by atoms with van der Waals surface area (Å²) in [5, 5.41) is 3.62. The van der Waals surface area contributed by atoms with Crippen molar-refractivity contribution in [2.75, 3.05) is 13.2 Å². The molecular formula is C16H24BrNO. The first kappa shape index (κ1) is 15.0. The molecule has 1 N–H and O–H groups in total. The van der Waals surface area contributed by atoms with E-state index in [4.69, 9.17) is 4.74 Å². The normalized spacial score (nSPS) is 17.3. The first-order valence-corrected chi connectivity index (χ1v) is 8.19. The first-order chi connectivity index (χ1) is 9.34. The summed E-state index contributed by atoms with van der Waals surface area (Å²) in [6.07, 6.45) is 8.28. The van der Waals surface area contributed by atoms with E-state index in [1.165, 1.54) is 44.1 Å². The molecule has 3 heteroatoms. The van der Waals surface area contributed by atoms with Crippen LogP contribution in [0.25, 0.3) is 0 Å². The third-order valence-corrected chi connectivity index (χ3v) is 4.25. The Hall–Kier alpha value is -0.380. The van der Waals surface area contributed by atoms with Gasteiger partial charge in [0.2, 0.25) is 0 Å².